The summed E-state index contributed by atoms with van der Waals surface area (Å²) in [6.07, 6.45) is 7.52. The number of thioether (sulfide) groups is 1. The van der Waals surface area contributed by atoms with E-state index in [2.05, 4.69) is 5.32 Å². The second-order valence-corrected chi connectivity index (χ2v) is 7.73. The summed E-state index contributed by atoms with van der Waals surface area (Å²) in [6, 6.07) is 5.67. The fourth-order valence-electron chi connectivity index (χ4n) is 3.09. The Kier molecular flexibility index (Phi) is 5.03. The van der Waals surface area contributed by atoms with E-state index in [1.165, 1.54) is 37.9 Å². The lowest BCUT2D eigenvalue weighted by Gasteiger charge is -2.32. The molecule has 3 rings (SSSR count). The Bertz CT molecular complexity index is 539. The van der Waals surface area contributed by atoms with E-state index in [-0.39, 0.29) is 0 Å². The van der Waals surface area contributed by atoms with Gasteiger partial charge in [0, 0.05) is 27.9 Å². The highest BCUT2D eigenvalue weighted by Crippen LogP contribution is 2.36. The van der Waals surface area contributed by atoms with Gasteiger partial charge < -0.3 is 5.32 Å². The quantitative estimate of drug-likeness (QED) is 0.841. The molecule has 1 heterocycles. The second kappa shape index (κ2) is 6.80. The lowest BCUT2D eigenvalue weighted by Crippen LogP contribution is -2.45. The van der Waals surface area contributed by atoms with Crippen LogP contribution in [0.1, 0.15) is 37.7 Å². The average Bonchev–Trinajstić information content (AvgIpc) is 2.85. The zero-order chi connectivity index (χ0) is 14.7. The normalized spacial score (nSPS) is 22.7. The number of nitrogens with one attached hydrogen (secondary N) is 1. The highest BCUT2D eigenvalue weighted by Gasteiger charge is 2.37. The maximum Gasteiger partial charge on any atom is 0.157 e. The minimum Gasteiger partial charge on any atom is -0.359 e. The fourth-order valence-corrected chi connectivity index (χ4v) is 4.84. The van der Waals surface area contributed by atoms with Crippen LogP contribution in [0.25, 0.3) is 0 Å². The summed E-state index contributed by atoms with van der Waals surface area (Å²) < 4.78 is 0. The van der Waals surface area contributed by atoms with E-state index in [4.69, 9.17) is 28.2 Å². The Morgan fingerprint density at radius 1 is 1.19 bits per heavy atom. The van der Waals surface area contributed by atoms with Crippen molar-refractivity contribution < 1.29 is 0 Å². The Hall–Kier alpha value is -0.380. The molecule has 2 aliphatic rings. The second-order valence-electron chi connectivity index (χ2n) is 5.93. The van der Waals surface area contributed by atoms with E-state index in [1.807, 2.05) is 23.9 Å². The number of hydrogen-bond acceptors (Lipinski definition) is 2. The predicted octanol–water partition coefficient (Wildman–Crippen LogP) is 4.93. The van der Waals surface area contributed by atoms with Crippen LogP contribution in [0.4, 0.5) is 0 Å². The van der Waals surface area contributed by atoms with Gasteiger partial charge in [0.1, 0.15) is 0 Å². The molecule has 21 heavy (non-hydrogen) atoms. The summed E-state index contributed by atoms with van der Waals surface area (Å²) in [5, 5.41) is 6.21. The average molecular weight is 343 g/mol. The molecule has 1 saturated carbocycles. The van der Waals surface area contributed by atoms with Gasteiger partial charge in [-0.25, -0.2) is 0 Å². The van der Waals surface area contributed by atoms with Crippen LogP contribution in [-0.2, 0) is 6.42 Å². The highest BCUT2D eigenvalue weighted by molar-refractivity contribution is 8.14. The van der Waals surface area contributed by atoms with Gasteiger partial charge in [0.2, 0.25) is 0 Å². The first-order valence-electron chi connectivity index (χ1n) is 7.56. The molecule has 0 aromatic heterocycles. The molecule has 1 N–H and O–H groups in total. The number of halogens is 2. The van der Waals surface area contributed by atoms with Crippen LogP contribution in [0.15, 0.2) is 23.2 Å². The molecule has 0 unspecified atom stereocenters. The van der Waals surface area contributed by atoms with Crippen molar-refractivity contribution in [3.63, 3.8) is 0 Å². The van der Waals surface area contributed by atoms with Gasteiger partial charge in [0.05, 0.1) is 0 Å². The summed E-state index contributed by atoms with van der Waals surface area (Å²) in [5.74, 6) is 1.17. The predicted molar refractivity (Wildman–Crippen MR) is 93.9 cm³/mol. The maximum absolute atomic E-state index is 6.19. The Balaban J connectivity index is 1.55. The van der Waals surface area contributed by atoms with E-state index in [0.717, 1.165) is 28.7 Å². The molecule has 0 bridgehead atoms. The van der Waals surface area contributed by atoms with Crippen molar-refractivity contribution in [2.75, 3.05) is 12.3 Å². The molecule has 1 saturated heterocycles. The van der Waals surface area contributed by atoms with Gasteiger partial charge in [-0.05, 0) is 37.0 Å². The molecule has 0 radical (unpaired) electrons. The van der Waals surface area contributed by atoms with E-state index in [0.29, 0.717) is 10.6 Å². The Morgan fingerprint density at radius 2 is 2.00 bits per heavy atom. The lowest BCUT2D eigenvalue weighted by atomic mass is 9.83. The Labute approximate surface area is 140 Å². The monoisotopic (exact) mass is 342 g/mol. The zero-order valence-electron chi connectivity index (χ0n) is 12.0. The molecule has 114 valence electrons. The van der Waals surface area contributed by atoms with Crippen molar-refractivity contribution in [2.24, 2.45) is 4.99 Å². The highest BCUT2D eigenvalue weighted by atomic mass is 35.5. The number of rotatable bonds is 3. The lowest BCUT2D eigenvalue weighted by molar-refractivity contribution is 0.303. The smallest absolute Gasteiger partial charge is 0.157 e. The van der Waals surface area contributed by atoms with Crippen molar-refractivity contribution in [3.8, 4) is 0 Å². The molecule has 1 aliphatic heterocycles. The molecule has 1 aromatic rings. The molecule has 0 atom stereocenters. The molecular weight excluding hydrogens is 323 g/mol. The first-order chi connectivity index (χ1) is 10.2. The minimum absolute atomic E-state index is 0.333. The van der Waals surface area contributed by atoms with Crippen molar-refractivity contribution >= 4 is 40.1 Å². The number of amidine groups is 1. The summed E-state index contributed by atoms with van der Waals surface area (Å²) in [6.45, 7) is 0.771. The molecule has 0 amide bonds. The first kappa shape index (κ1) is 15.5. The molecular formula is C16H20Cl2N2S. The van der Waals surface area contributed by atoms with Crippen molar-refractivity contribution in [3.05, 3.63) is 33.8 Å². The molecule has 2 nitrogen and oxygen atoms in total. The van der Waals surface area contributed by atoms with Gasteiger partial charge >= 0.3 is 0 Å². The van der Waals surface area contributed by atoms with Gasteiger partial charge in [-0.2, -0.15) is 0 Å². The topological polar surface area (TPSA) is 24.4 Å². The Morgan fingerprint density at radius 3 is 2.76 bits per heavy atom. The van der Waals surface area contributed by atoms with E-state index in [1.54, 1.807) is 6.07 Å². The number of aliphatic imine (C=N–C) groups is 1. The van der Waals surface area contributed by atoms with Crippen LogP contribution in [0.2, 0.25) is 10.0 Å². The SMILES string of the molecule is Clc1ccc(CCN=C2NC3(CCCCC3)CS2)c(Cl)c1. The molecule has 5 heteroatoms. The summed E-state index contributed by atoms with van der Waals surface area (Å²) in [5.41, 5.74) is 1.44. The van der Waals surface area contributed by atoms with Gasteiger partial charge in [-0.1, -0.05) is 60.3 Å². The summed E-state index contributed by atoms with van der Waals surface area (Å²) in [7, 11) is 0. The van der Waals surface area contributed by atoms with Crippen LogP contribution >= 0.6 is 35.0 Å². The number of nitrogens with zero attached hydrogens (tertiary/aromatic N) is 1. The minimum atomic E-state index is 0.333. The van der Waals surface area contributed by atoms with Crippen molar-refractivity contribution in [2.45, 2.75) is 44.1 Å². The third kappa shape index (κ3) is 3.88. The first-order valence-corrected chi connectivity index (χ1v) is 9.30. The third-order valence-electron chi connectivity index (χ3n) is 4.32. The van der Waals surface area contributed by atoms with Gasteiger partial charge in [0.15, 0.2) is 5.17 Å². The van der Waals surface area contributed by atoms with Gasteiger partial charge in [0.25, 0.3) is 0 Å². The van der Waals surface area contributed by atoms with Gasteiger partial charge in [-0.15, -0.1) is 0 Å². The fraction of sp³-hybridized carbons (Fsp3) is 0.562. The molecule has 1 spiro atoms. The van der Waals surface area contributed by atoms with E-state index in [9.17, 15) is 0 Å². The van der Waals surface area contributed by atoms with Gasteiger partial charge in [-0.3, -0.25) is 4.99 Å². The zero-order valence-corrected chi connectivity index (χ0v) is 14.3. The van der Waals surface area contributed by atoms with E-state index >= 15 is 0 Å². The van der Waals surface area contributed by atoms with E-state index < -0.39 is 0 Å². The van der Waals surface area contributed by atoms with Crippen LogP contribution in [0.5, 0.6) is 0 Å². The molecule has 1 aromatic carbocycles. The standard InChI is InChI=1S/C16H20Cl2N2S/c17-13-5-4-12(14(18)10-13)6-9-19-15-20-16(11-21-15)7-2-1-3-8-16/h4-5,10H,1-3,6-9,11H2,(H,19,20). The summed E-state index contributed by atoms with van der Waals surface area (Å²) in [4.78, 5) is 4.71. The van der Waals surface area contributed by atoms with Crippen LogP contribution < -0.4 is 5.32 Å². The number of hydrogen-bond donors (Lipinski definition) is 1. The molecule has 1 aliphatic carbocycles. The third-order valence-corrected chi connectivity index (χ3v) is 6.11. The molecule has 2 fully saturated rings. The van der Waals surface area contributed by atoms with Crippen molar-refractivity contribution in [1.82, 2.24) is 5.32 Å². The largest absolute Gasteiger partial charge is 0.359 e. The van der Waals surface area contributed by atoms with Crippen LogP contribution in [0, 0.1) is 0 Å². The summed E-state index contributed by atoms with van der Waals surface area (Å²) >= 11 is 14.0. The number of benzene rings is 1. The van der Waals surface area contributed by atoms with Crippen molar-refractivity contribution in [1.29, 1.82) is 0 Å². The van der Waals surface area contributed by atoms with Crippen LogP contribution in [0.3, 0.4) is 0 Å². The van der Waals surface area contributed by atoms with Crippen LogP contribution in [-0.4, -0.2) is 23.0 Å². The maximum atomic E-state index is 6.19.